The lowest BCUT2D eigenvalue weighted by molar-refractivity contribution is -0.119. The second kappa shape index (κ2) is 5.69. The summed E-state index contributed by atoms with van der Waals surface area (Å²) in [5.74, 6) is 1.30. The summed E-state index contributed by atoms with van der Waals surface area (Å²) in [6.07, 6.45) is 0.553. The van der Waals surface area contributed by atoms with E-state index in [1.807, 2.05) is 12.1 Å². The Morgan fingerprint density at radius 3 is 2.52 bits per heavy atom. The number of Topliss-reactive ketones (excluding diaryl/α,β-unsaturated/α-hetero) is 1. The van der Waals surface area contributed by atoms with Crippen molar-refractivity contribution in [2.45, 2.75) is 38.0 Å². The third-order valence-corrected chi connectivity index (χ3v) is 5.46. The molecular formula is C19H20OS. The van der Waals surface area contributed by atoms with Gasteiger partial charge in [0.1, 0.15) is 5.78 Å². The predicted molar refractivity (Wildman–Crippen MR) is 89.3 cm³/mol. The van der Waals surface area contributed by atoms with Gasteiger partial charge >= 0.3 is 0 Å². The van der Waals surface area contributed by atoms with Crippen LogP contribution in [-0.2, 0) is 11.2 Å². The fourth-order valence-electron chi connectivity index (χ4n) is 3.22. The van der Waals surface area contributed by atoms with Crippen LogP contribution in [0.15, 0.2) is 41.3 Å². The molecule has 2 aromatic carbocycles. The van der Waals surface area contributed by atoms with E-state index in [1.165, 1.54) is 32.7 Å². The van der Waals surface area contributed by atoms with Crippen molar-refractivity contribution in [2.75, 3.05) is 5.75 Å². The number of ketones is 1. The second-order valence-corrected chi connectivity index (χ2v) is 6.98. The Labute approximate surface area is 130 Å². The average molecular weight is 296 g/mol. The summed E-state index contributed by atoms with van der Waals surface area (Å²) >= 11 is 1.80. The zero-order valence-corrected chi connectivity index (χ0v) is 13.6. The van der Waals surface area contributed by atoms with Gasteiger partial charge in [-0.15, -0.1) is 11.8 Å². The Morgan fingerprint density at radius 2 is 1.81 bits per heavy atom. The van der Waals surface area contributed by atoms with E-state index in [0.29, 0.717) is 12.2 Å². The Hall–Kier alpha value is -1.54. The van der Waals surface area contributed by atoms with E-state index in [9.17, 15) is 4.79 Å². The number of thioether (sulfide) groups is 1. The molecule has 0 spiro atoms. The molecule has 0 aliphatic carbocycles. The van der Waals surface area contributed by atoms with E-state index in [-0.39, 0.29) is 5.92 Å². The molecule has 2 heteroatoms. The van der Waals surface area contributed by atoms with E-state index in [0.717, 1.165) is 5.75 Å². The van der Waals surface area contributed by atoms with Crippen molar-refractivity contribution in [3.05, 3.63) is 64.2 Å². The smallest absolute Gasteiger partial charge is 0.145 e. The quantitative estimate of drug-likeness (QED) is 0.822. The van der Waals surface area contributed by atoms with Crippen LogP contribution in [0.3, 0.4) is 0 Å². The Kier molecular flexibility index (Phi) is 3.90. The molecule has 0 amide bonds. The molecule has 1 aliphatic rings. The van der Waals surface area contributed by atoms with Gasteiger partial charge in [-0.2, -0.15) is 0 Å². The molecule has 0 saturated heterocycles. The lowest BCUT2D eigenvalue weighted by atomic mass is 9.89. The van der Waals surface area contributed by atoms with Gasteiger partial charge in [0.05, 0.1) is 5.92 Å². The van der Waals surface area contributed by atoms with E-state index in [1.54, 1.807) is 11.8 Å². The van der Waals surface area contributed by atoms with Crippen molar-refractivity contribution in [1.29, 1.82) is 0 Å². The van der Waals surface area contributed by atoms with Crippen molar-refractivity contribution >= 4 is 17.5 Å². The molecule has 3 rings (SSSR count). The van der Waals surface area contributed by atoms with Gasteiger partial charge in [-0.25, -0.2) is 0 Å². The minimum atomic E-state index is 0.0614. The lowest BCUT2D eigenvalue weighted by Crippen LogP contribution is -2.16. The number of carbonyl (C=O) groups excluding carboxylic acids is 1. The predicted octanol–water partition coefficient (Wildman–Crippen LogP) is 4.61. The molecule has 0 aromatic heterocycles. The van der Waals surface area contributed by atoms with Gasteiger partial charge in [-0.3, -0.25) is 4.79 Å². The van der Waals surface area contributed by atoms with Crippen molar-refractivity contribution in [2.24, 2.45) is 0 Å². The Morgan fingerprint density at radius 1 is 1.14 bits per heavy atom. The Bertz CT molecular complexity index is 679. The number of rotatable bonds is 3. The molecule has 1 nitrogen and oxygen atoms in total. The van der Waals surface area contributed by atoms with Gasteiger partial charge in [0.2, 0.25) is 0 Å². The fourth-order valence-corrected chi connectivity index (χ4v) is 4.48. The topological polar surface area (TPSA) is 17.1 Å². The van der Waals surface area contributed by atoms with Gasteiger partial charge in [-0.1, -0.05) is 35.9 Å². The van der Waals surface area contributed by atoms with E-state index in [4.69, 9.17) is 0 Å². The molecule has 0 saturated carbocycles. The van der Waals surface area contributed by atoms with Crippen LogP contribution in [-0.4, -0.2) is 11.5 Å². The zero-order chi connectivity index (χ0) is 15.0. The van der Waals surface area contributed by atoms with Gasteiger partial charge in [0.15, 0.2) is 0 Å². The summed E-state index contributed by atoms with van der Waals surface area (Å²) in [5.41, 5.74) is 6.16. The lowest BCUT2D eigenvalue weighted by Gasteiger charge is -2.14. The molecule has 1 heterocycles. The van der Waals surface area contributed by atoms with Gasteiger partial charge in [0.25, 0.3) is 0 Å². The molecule has 0 N–H and O–H groups in total. The third kappa shape index (κ3) is 2.77. The highest BCUT2D eigenvalue weighted by molar-refractivity contribution is 7.99. The van der Waals surface area contributed by atoms with Crippen molar-refractivity contribution in [3.63, 3.8) is 0 Å². The summed E-state index contributed by atoms with van der Waals surface area (Å²) in [6.45, 7) is 6.33. The molecule has 1 unspecified atom stereocenters. The summed E-state index contributed by atoms with van der Waals surface area (Å²) in [6, 6.07) is 12.7. The van der Waals surface area contributed by atoms with Crippen LogP contribution in [0.1, 0.15) is 33.7 Å². The van der Waals surface area contributed by atoms with Crippen LogP contribution >= 0.6 is 11.8 Å². The normalized spacial score (nSPS) is 16.8. The first-order chi connectivity index (χ1) is 10.1. The van der Waals surface area contributed by atoms with Crippen LogP contribution < -0.4 is 0 Å². The average Bonchev–Trinajstić information content (AvgIpc) is 2.86. The first-order valence-corrected chi connectivity index (χ1v) is 8.36. The number of aryl methyl sites for hydroxylation is 3. The maximum Gasteiger partial charge on any atom is 0.145 e. The van der Waals surface area contributed by atoms with Crippen molar-refractivity contribution < 1.29 is 4.79 Å². The van der Waals surface area contributed by atoms with Crippen LogP contribution in [0, 0.1) is 20.8 Å². The highest BCUT2D eigenvalue weighted by atomic mass is 32.2. The van der Waals surface area contributed by atoms with E-state index in [2.05, 4.69) is 45.0 Å². The van der Waals surface area contributed by atoms with Gasteiger partial charge in [-0.05, 0) is 49.1 Å². The van der Waals surface area contributed by atoms with Gasteiger partial charge in [0, 0.05) is 17.1 Å². The van der Waals surface area contributed by atoms with Crippen LogP contribution in [0.2, 0.25) is 0 Å². The molecule has 0 radical (unpaired) electrons. The third-order valence-electron chi connectivity index (χ3n) is 4.28. The fraction of sp³-hybridized carbons (Fsp3) is 0.316. The minimum Gasteiger partial charge on any atom is -0.299 e. The molecule has 1 aliphatic heterocycles. The number of carbonyl (C=O) groups is 1. The summed E-state index contributed by atoms with van der Waals surface area (Å²) in [4.78, 5) is 14.0. The first kappa shape index (κ1) is 14.4. The summed E-state index contributed by atoms with van der Waals surface area (Å²) in [7, 11) is 0. The molecular weight excluding hydrogens is 276 g/mol. The highest BCUT2D eigenvalue weighted by Crippen LogP contribution is 2.40. The second-order valence-electron chi connectivity index (χ2n) is 5.92. The van der Waals surface area contributed by atoms with E-state index >= 15 is 0 Å². The van der Waals surface area contributed by atoms with Crippen LogP contribution in [0.5, 0.6) is 0 Å². The summed E-state index contributed by atoms with van der Waals surface area (Å²) < 4.78 is 0. The van der Waals surface area contributed by atoms with Crippen LogP contribution in [0.25, 0.3) is 0 Å². The van der Waals surface area contributed by atoms with Crippen LogP contribution in [0.4, 0.5) is 0 Å². The number of benzene rings is 2. The molecule has 0 bridgehead atoms. The minimum absolute atomic E-state index is 0.0614. The molecule has 108 valence electrons. The van der Waals surface area contributed by atoms with Crippen molar-refractivity contribution in [3.8, 4) is 0 Å². The number of hydrogen-bond acceptors (Lipinski definition) is 2. The number of fused-ring (bicyclic) bond motifs is 1. The number of hydrogen-bond donors (Lipinski definition) is 0. The first-order valence-electron chi connectivity index (χ1n) is 7.37. The van der Waals surface area contributed by atoms with Gasteiger partial charge < -0.3 is 0 Å². The Balaban J connectivity index is 1.86. The zero-order valence-electron chi connectivity index (χ0n) is 12.8. The molecule has 2 aromatic rings. The standard InChI is InChI=1S/C19H20OS/c1-12-8-13(2)16(14(3)9-12)10-18(20)17-11-21-19-7-5-4-6-15(17)19/h4-9,17H,10-11H2,1-3H3. The molecule has 1 atom stereocenters. The highest BCUT2D eigenvalue weighted by Gasteiger charge is 2.29. The molecule has 21 heavy (non-hydrogen) atoms. The largest absolute Gasteiger partial charge is 0.299 e. The maximum atomic E-state index is 12.8. The SMILES string of the molecule is Cc1cc(C)c(CC(=O)C2CSc3ccccc32)c(C)c1. The van der Waals surface area contributed by atoms with E-state index < -0.39 is 0 Å². The maximum absolute atomic E-state index is 12.8. The monoisotopic (exact) mass is 296 g/mol. The summed E-state index contributed by atoms with van der Waals surface area (Å²) in [5, 5.41) is 0. The molecule has 0 fully saturated rings. The van der Waals surface area contributed by atoms with Crippen molar-refractivity contribution in [1.82, 2.24) is 0 Å².